The minimum absolute atomic E-state index is 0.00565. The zero-order valence-electron chi connectivity index (χ0n) is 12.8. The molecule has 0 saturated carbocycles. The molecule has 0 bridgehead atoms. The Kier molecular flexibility index (Phi) is 4.23. The summed E-state index contributed by atoms with van der Waals surface area (Å²) in [5.74, 6) is -0.0997. The summed E-state index contributed by atoms with van der Waals surface area (Å²) < 4.78 is 24.4. The van der Waals surface area contributed by atoms with Crippen molar-refractivity contribution in [1.29, 1.82) is 0 Å². The van der Waals surface area contributed by atoms with Crippen molar-refractivity contribution < 1.29 is 13.2 Å². The summed E-state index contributed by atoms with van der Waals surface area (Å²) in [7, 11) is -3.14. The number of nitrogens with zero attached hydrogens (tertiary/aromatic N) is 1. The van der Waals surface area contributed by atoms with Gasteiger partial charge in [-0.25, -0.2) is 12.7 Å². The maximum atomic E-state index is 12.3. The first-order valence-corrected chi connectivity index (χ1v) is 9.66. The lowest BCUT2D eigenvalue weighted by Crippen LogP contribution is -2.40. The Balaban J connectivity index is 1.59. The van der Waals surface area contributed by atoms with Gasteiger partial charge < -0.3 is 5.32 Å². The number of hydrogen-bond acceptors (Lipinski definition) is 3. The fraction of sp³-hybridized carbons (Fsp3) is 0.562. The van der Waals surface area contributed by atoms with Crippen LogP contribution in [0.3, 0.4) is 0 Å². The topological polar surface area (TPSA) is 66.5 Å². The lowest BCUT2D eigenvalue weighted by Gasteiger charge is -2.29. The van der Waals surface area contributed by atoms with Gasteiger partial charge in [0.1, 0.15) is 0 Å². The van der Waals surface area contributed by atoms with E-state index in [1.165, 1.54) is 28.1 Å². The van der Waals surface area contributed by atoms with Crippen molar-refractivity contribution in [2.24, 2.45) is 5.92 Å². The molecule has 1 N–H and O–H groups in total. The predicted octanol–water partition coefficient (Wildman–Crippen LogP) is 1.79. The maximum Gasteiger partial charge on any atom is 0.227 e. The minimum atomic E-state index is -3.14. The Morgan fingerprint density at radius 2 is 1.86 bits per heavy atom. The number of sulfonamides is 1. The first-order chi connectivity index (χ1) is 10.4. The third-order valence-corrected chi connectivity index (χ3v) is 5.96. The summed E-state index contributed by atoms with van der Waals surface area (Å²) in [5.41, 5.74) is 3.58. The van der Waals surface area contributed by atoms with Gasteiger partial charge in [0.25, 0.3) is 0 Å². The summed E-state index contributed by atoms with van der Waals surface area (Å²) in [4.78, 5) is 12.3. The summed E-state index contributed by atoms with van der Waals surface area (Å²) in [6, 6.07) is 6.14. The molecule has 1 fully saturated rings. The van der Waals surface area contributed by atoms with Crippen LogP contribution < -0.4 is 5.32 Å². The second-order valence-electron chi connectivity index (χ2n) is 6.26. The van der Waals surface area contributed by atoms with E-state index in [1.807, 2.05) is 6.07 Å². The van der Waals surface area contributed by atoms with Crippen molar-refractivity contribution in [3.8, 4) is 0 Å². The summed E-state index contributed by atoms with van der Waals surface area (Å²) in [6.45, 7) is 0.863. The Hall–Kier alpha value is -1.40. The average molecular weight is 322 g/mol. The SMILES string of the molecule is CS(=O)(=O)N1CCC(C(=O)Nc2ccc3c(c2)CCC3)CC1. The molecule has 3 rings (SSSR count). The van der Waals surface area contributed by atoms with Crippen LogP contribution in [0.25, 0.3) is 0 Å². The molecule has 1 aromatic rings. The molecule has 0 spiro atoms. The molecule has 1 aliphatic carbocycles. The normalized spacial score (nSPS) is 19.9. The first kappa shape index (κ1) is 15.5. The molecular weight excluding hydrogens is 300 g/mol. The number of hydrogen-bond donors (Lipinski definition) is 1. The van der Waals surface area contributed by atoms with Crippen molar-refractivity contribution in [3.63, 3.8) is 0 Å². The number of piperidine rings is 1. The molecule has 1 amide bonds. The Morgan fingerprint density at radius 1 is 1.18 bits per heavy atom. The van der Waals surface area contributed by atoms with E-state index < -0.39 is 10.0 Å². The third-order valence-electron chi connectivity index (χ3n) is 4.66. The molecule has 0 radical (unpaired) electrons. The van der Waals surface area contributed by atoms with Gasteiger partial charge in [-0.3, -0.25) is 4.79 Å². The molecule has 0 unspecified atom stereocenters. The largest absolute Gasteiger partial charge is 0.326 e. The molecule has 1 aromatic carbocycles. The highest BCUT2D eigenvalue weighted by Gasteiger charge is 2.29. The van der Waals surface area contributed by atoms with Gasteiger partial charge in [0.2, 0.25) is 15.9 Å². The van der Waals surface area contributed by atoms with Crippen LogP contribution in [0, 0.1) is 5.92 Å². The fourth-order valence-corrected chi connectivity index (χ4v) is 4.22. The zero-order valence-corrected chi connectivity index (χ0v) is 13.7. The van der Waals surface area contributed by atoms with Gasteiger partial charge in [-0.2, -0.15) is 0 Å². The average Bonchev–Trinajstić information content (AvgIpc) is 2.94. The van der Waals surface area contributed by atoms with Gasteiger partial charge in [0.05, 0.1) is 6.26 Å². The van der Waals surface area contributed by atoms with Gasteiger partial charge in [-0.15, -0.1) is 0 Å². The van der Waals surface area contributed by atoms with Gasteiger partial charge in [0.15, 0.2) is 0 Å². The standard InChI is InChI=1S/C16H22N2O3S/c1-22(20,21)18-9-7-13(8-10-18)16(19)17-15-6-5-12-3-2-4-14(12)11-15/h5-6,11,13H,2-4,7-10H2,1H3,(H,17,19). The molecule has 5 nitrogen and oxygen atoms in total. The van der Waals surface area contributed by atoms with E-state index in [9.17, 15) is 13.2 Å². The van der Waals surface area contributed by atoms with Crippen LogP contribution in [0.5, 0.6) is 0 Å². The molecule has 6 heteroatoms. The van der Waals surface area contributed by atoms with E-state index >= 15 is 0 Å². The van der Waals surface area contributed by atoms with E-state index in [1.54, 1.807) is 0 Å². The number of amides is 1. The molecule has 120 valence electrons. The van der Waals surface area contributed by atoms with Crippen LogP contribution in [0.4, 0.5) is 5.69 Å². The lowest BCUT2D eigenvalue weighted by molar-refractivity contribution is -0.120. The second-order valence-corrected chi connectivity index (χ2v) is 8.25. The van der Waals surface area contributed by atoms with Gasteiger partial charge >= 0.3 is 0 Å². The van der Waals surface area contributed by atoms with E-state index in [0.29, 0.717) is 25.9 Å². The number of anilines is 1. The summed E-state index contributed by atoms with van der Waals surface area (Å²) in [5, 5.41) is 2.99. The highest BCUT2D eigenvalue weighted by Crippen LogP contribution is 2.26. The Morgan fingerprint density at radius 3 is 2.55 bits per heavy atom. The molecule has 22 heavy (non-hydrogen) atoms. The van der Waals surface area contributed by atoms with Crippen molar-refractivity contribution in [3.05, 3.63) is 29.3 Å². The predicted molar refractivity (Wildman–Crippen MR) is 86.2 cm³/mol. The zero-order chi connectivity index (χ0) is 15.7. The maximum absolute atomic E-state index is 12.3. The number of carbonyl (C=O) groups is 1. The van der Waals surface area contributed by atoms with Crippen LogP contribution in [0.1, 0.15) is 30.4 Å². The number of fused-ring (bicyclic) bond motifs is 1. The molecule has 0 aromatic heterocycles. The number of benzene rings is 1. The fourth-order valence-electron chi connectivity index (χ4n) is 3.34. The Labute approximate surface area is 131 Å². The molecule has 1 aliphatic heterocycles. The first-order valence-electron chi connectivity index (χ1n) is 7.81. The van der Waals surface area contributed by atoms with Crippen LogP contribution in [-0.2, 0) is 27.7 Å². The van der Waals surface area contributed by atoms with Crippen molar-refractivity contribution in [2.75, 3.05) is 24.7 Å². The van der Waals surface area contributed by atoms with Crippen LogP contribution in [0.2, 0.25) is 0 Å². The molecule has 2 aliphatic rings. The highest BCUT2D eigenvalue weighted by atomic mass is 32.2. The number of nitrogens with one attached hydrogen (secondary N) is 1. The van der Waals surface area contributed by atoms with Crippen molar-refractivity contribution >= 4 is 21.6 Å². The number of carbonyl (C=O) groups excluding carboxylic acids is 1. The van der Waals surface area contributed by atoms with Crippen molar-refractivity contribution in [2.45, 2.75) is 32.1 Å². The Bertz CT molecular complexity index is 677. The van der Waals surface area contributed by atoms with E-state index in [2.05, 4.69) is 17.4 Å². The van der Waals surface area contributed by atoms with E-state index in [-0.39, 0.29) is 11.8 Å². The molecule has 1 heterocycles. The van der Waals surface area contributed by atoms with Gasteiger partial charge in [0, 0.05) is 24.7 Å². The second kappa shape index (κ2) is 6.01. The summed E-state index contributed by atoms with van der Waals surface area (Å²) >= 11 is 0. The van der Waals surface area contributed by atoms with E-state index in [0.717, 1.165) is 18.5 Å². The smallest absolute Gasteiger partial charge is 0.227 e. The minimum Gasteiger partial charge on any atom is -0.326 e. The van der Waals surface area contributed by atoms with Crippen LogP contribution in [0.15, 0.2) is 18.2 Å². The van der Waals surface area contributed by atoms with Crippen LogP contribution in [-0.4, -0.2) is 38.0 Å². The highest BCUT2D eigenvalue weighted by molar-refractivity contribution is 7.88. The molecular formula is C16H22N2O3S. The lowest BCUT2D eigenvalue weighted by atomic mass is 9.97. The molecule has 0 atom stereocenters. The number of aryl methyl sites for hydroxylation is 2. The van der Waals surface area contributed by atoms with Crippen molar-refractivity contribution in [1.82, 2.24) is 4.31 Å². The third kappa shape index (κ3) is 3.33. The van der Waals surface area contributed by atoms with Gasteiger partial charge in [-0.05, 0) is 55.4 Å². The van der Waals surface area contributed by atoms with Gasteiger partial charge in [-0.1, -0.05) is 6.07 Å². The summed E-state index contributed by atoms with van der Waals surface area (Å²) in [6.07, 6.45) is 5.81. The monoisotopic (exact) mass is 322 g/mol. The van der Waals surface area contributed by atoms with Crippen LogP contribution >= 0.6 is 0 Å². The van der Waals surface area contributed by atoms with E-state index in [4.69, 9.17) is 0 Å². The quantitative estimate of drug-likeness (QED) is 0.922. The number of rotatable bonds is 3. The molecule has 1 saturated heterocycles.